The van der Waals surface area contributed by atoms with E-state index in [-0.39, 0.29) is 0 Å². The lowest BCUT2D eigenvalue weighted by atomic mass is 9.94. The highest BCUT2D eigenvalue weighted by atomic mass is 16.5. The van der Waals surface area contributed by atoms with Crippen molar-refractivity contribution in [3.63, 3.8) is 0 Å². The highest BCUT2D eigenvalue weighted by Crippen LogP contribution is 2.16. The second-order valence-corrected chi connectivity index (χ2v) is 4.83. The van der Waals surface area contributed by atoms with Crippen molar-refractivity contribution in [1.82, 2.24) is 20.4 Å². The Morgan fingerprint density at radius 3 is 3.12 bits per heavy atom. The van der Waals surface area contributed by atoms with Crippen LogP contribution in [0.5, 0.6) is 0 Å². The van der Waals surface area contributed by atoms with Gasteiger partial charge in [-0.1, -0.05) is 19.0 Å². The molecule has 0 radical (unpaired) electrons. The minimum Gasteiger partial charge on any atom is -0.343 e. The third-order valence-electron chi connectivity index (χ3n) is 3.51. The van der Waals surface area contributed by atoms with Gasteiger partial charge in [0.1, 0.15) is 0 Å². The molecular weight excluding hydrogens is 216 g/mol. The average molecular weight is 238 g/mol. The molecule has 2 atom stereocenters. The number of piperidine rings is 1. The lowest BCUT2D eigenvalue weighted by Gasteiger charge is -2.37. The Morgan fingerprint density at radius 1 is 1.59 bits per heavy atom. The summed E-state index contributed by atoms with van der Waals surface area (Å²) in [7, 11) is 0. The van der Waals surface area contributed by atoms with Crippen LogP contribution in [0.3, 0.4) is 0 Å². The molecule has 1 aliphatic rings. The molecule has 96 valence electrons. The Bertz CT molecular complexity index is 314. The number of nitrogens with one attached hydrogen (secondary N) is 1. The summed E-state index contributed by atoms with van der Waals surface area (Å²) in [5.41, 5.74) is 0. The fraction of sp³-hybridized carbons (Fsp3) is 0.833. The zero-order chi connectivity index (χ0) is 12.1. The molecule has 0 bridgehead atoms. The fourth-order valence-electron chi connectivity index (χ4n) is 2.56. The van der Waals surface area contributed by atoms with E-state index in [0.29, 0.717) is 12.0 Å². The smallest absolute Gasteiger partial charge is 0.213 e. The third kappa shape index (κ3) is 3.51. The van der Waals surface area contributed by atoms with Gasteiger partial charge in [-0.15, -0.1) is 0 Å². The Kier molecular flexibility index (Phi) is 4.50. The number of likely N-dealkylation sites (tertiary alicyclic amines) is 1. The van der Waals surface area contributed by atoms with Crippen molar-refractivity contribution in [3.05, 3.63) is 12.2 Å². The number of hydrogen-bond acceptors (Lipinski definition) is 5. The normalized spacial score (nSPS) is 26.2. The van der Waals surface area contributed by atoms with E-state index in [4.69, 9.17) is 4.52 Å². The second-order valence-electron chi connectivity index (χ2n) is 4.83. The molecule has 2 heterocycles. The maximum absolute atomic E-state index is 4.73. The van der Waals surface area contributed by atoms with Gasteiger partial charge in [0.05, 0.1) is 0 Å². The van der Waals surface area contributed by atoms with E-state index in [1.54, 1.807) is 0 Å². The van der Waals surface area contributed by atoms with Gasteiger partial charge >= 0.3 is 0 Å². The van der Waals surface area contributed by atoms with E-state index in [9.17, 15) is 0 Å². The molecule has 1 aliphatic heterocycles. The van der Waals surface area contributed by atoms with Crippen LogP contribution in [0.25, 0.3) is 0 Å². The molecule has 0 spiro atoms. The number of hydrogen-bond donors (Lipinski definition) is 1. The molecular formula is C12H22N4O. The van der Waals surface area contributed by atoms with Gasteiger partial charge < -0.3 is 14.7 Å². The Morgan fingerprint density at radius 2 is 2.47 bits per heavy atom. The summed E-state index contributed by atoms with van der Waals surface area (Å²) in [6.07, 6.45) is 3.52. The Labute approximate surface area is 103 Å². The van der Waals surface area contributed by atoms with Crippen LogP contribution in [-0.4, -0.2) is 47.3 Å². The largest absolute Gasteiger partial charge is 0.343 e. The molecule has 1 N–H and O–H groups in total. The first-order valence-electron chi connectivity index (χ1n) is 6.50. The number of aromatic nitrogens is 2. The van der Waals surface area contributed by atoms with Gasteiger partial charge in [0, 0.05) is 25.6 Å². The standard InChI is InChI=1S/C12H22N4O/c1-3-13-11-4-6-16(8-10(11)2)7-5-12-14-9-17-15-12/h9-11,13H,3-8H2,1-2H3. The minimum absolute atomic E-state index is 0.682. The molecule has 5 heteroatoms. The van der Waals surface area contributed by atoms with E-state index < -0.39 is 0 Å². The summed E-state index contributed by atoms with van der Waals surface area (Å²) >= 11 is 0. The van der Waals surface area contributed by atoms with E-state index in [2.05, 4.69) is 34.2 Å². The van der Waals surface area contributed by atoms with Gasteiger partial charge in [-0.3, -0.25) is 0 Å². The summed E-state index contributed by atoms with van der Waals surface area (Å²) in [5.74, 6) is 1.53. The SMILES string of the molecule is CCNC1CCN(CCc2ncon2)CC1C. The van der Waals surface area contributed by atoms with Crippen molar-refractivity contribution < 1.29 is 4.52 Å². The van der Waals surface area contributed by atoms with E-state index in [0.717, 1.165) is 31.9 Å². The zero-order valence-electron chi connectivity index (χ0n) is 10.7. The minimum atomic E-state index is 0.682. The maximum atomic E-state index is 4.73. The van der Waals surface area contributed by atoms with E-state index >= 15 is 0 Å². The summed E-state index contributed by atoms with van der Waals surface area (Å²) in [6, 6.07) is 0.682. The highest BCUT2D eigenvalue weighted by molar-refractivity contribution is 4.85. The van der Waals surface area contributed by atoms with Gasteiger partial charge in [-0.05, 0) is 25.4 Å². The average Bonchev–Trinajstić information content (AvgIpc) is 2.83. The van der Waals surface area contributed by atoms with E-state index in [1.165, 1.54) is 19.4 Å². The van der Waals surface area contributed by atoms with Gasteiger partial charge in [0.2, 0.25) is 6.39 Å². The molecule has 5 nitrogen and oxygen atoms in total. The predicted molar refractivity (Wildman–Crippen MR) is 65.7 cm³/mol. The van der Waals surface area contributed by atoms with Gasteiger partial charge in [-0.2, -0.15) is 4.98 Å². The van der Waals surface area contributed by atoms with Gasteiger partial charge in [0.25, 0.3) is 0 Å². The second kappa shape index (κ2) is 6.12. The summed E-state index contributed by atoms with van der Waals surface area (Å²) in [5, 5.41) is 7.40. The Balaban J connectivity index is 1.73. The molecule has 1 aromatic heterocycles. The number of rotatable bonds is 5. The first-order chi connectivity index (χ1) is 8.29. The molecule has 2 unspecified atom stereocenters. The van der Waals surface area contributed by atoms with Crippen LogP contribution >= 0.6 is 0 Å². The van der Waals surface area contributed by atoms with Crippen LogP contribution < -0.4 is 5.32 Å². The van der Waals surface area contributed by atoms with Crippen molar-refractivity contribution in [2.24, 2.45) is 5.92 Å². The first kappa shape index (κ1) is 12.5. The van der Waals surface area contributed by atoms with Crippen molar-refractivity contribution in [2.45, 2.75) is 32.7 Å². The van der Waals surface area contributed by atoms with Crippen LogP contribution in [0.2, 0.25) is 0 Å². The maximum Gasteiger partial charge on any atom is 0.213 e. The lowest BCUT2D eigenvalue weighted by molar-refractivity contribution is 0.149. The third-order valence-corrected chi connectivity index (χ3v) is 3.51. The molecule has 0 aromatic carbocycles. The number of nitrogens with zero attached hydrogens (tertiary/aromatic N) is 3. The molecule has 0 amide bonds. The van der Waals surface area contributed by atoms with Crippen LogP contribution in [0.15, 0.2) is 10.9 Å². The Hall–Kier alpha value is -0.940. The first-order valence-corrected chi connectivity index (χ1v) is 6.50. The lowest BCUT2D eigenvalue weighted by Crippen LogP contribution is -2.48. The van der Waals surface area contributed by atoms with Gasteiger partial charge in [0.15, 0.2) is 5.82 Å². The van der Waals surface area contributed by atoms with Crippen molar-refractivity contribution in [3.8, 4) is 0 Å². The predicted octanol–water partition coefficient (Wildman–Crippen LogP) is 0.932. The van der Waals surface area contributed by atoms with Crippen molar-refractivity contribution in [1.29, 1.82) is 0 Å². The highest BCUT2D eigenvalue weighted by Gasteiger charge is 2.24. The summed E-state index contributed by atoms with van der Waals surface area (Å²) in [4.78, 5) is 6.54. The fourth-order valence-corrected chi connectivity index (χ4v) is 2.56. The molecule has 17 heavy (non-hydrogen) atoms. The van der Waals surface area contributed by atoms with Crippen LogP contribution in [0, 0.1) is 5.92 Å². The molecule has 1 saturated heterocycles. The molecule has 0 aliphatic carbocycles. The monoisotopic (exact) mass is 238 g/mol. The molecule has 0 saturated carbocycles. The summed E-state index contributed by atoms with van der Waals surface area (Å²) in [6.45, 7) is 8.93. The molecule has 1 fully saturated rings. The van der Waals surface area contributed by atoms with E-state index in [1.807, 2.05) is 0 Å². The zero-order valence-corrected chi connectivity index (χ0v) is 10.7. The van der Waals surface area contributed by atoms with Crippen LogP contribution in [0.4, 0.5) is 0 Å². The van der Waals surface area contributed by atoms with Crippen LogP contribution in [-0.2, 0) is 6.42 Å². The summed E-state index contributed by atoms with van der Waals surface area (Å²) < 4.78 is 4.73. The van der Waals surface area contributed by atoms with Crippen molar-refractivity contribution in [2.75, 3.05) is 26.2 Å². The quantitative estimate of drug-likeness (QED) is 0.827. The molecule has 1 aromatic rings. The van der Waals surface area contributed by atoms with Gasteiger partial charge in [-0.25, -0.2) is 0 Å². The van der Waals surface area contributed by atoms with Crippen molar-refractivity contribution >= 4 is 0 Å². The molecule has 2 rings (SSSR count). The topological polar surface area (TPSA) is 54.2 Å². The van der Waals surface area contributed by atoms with Crippen LogP contribution in [0.1, 0.15) is 26.1 Å².